The Hall–Kier alpha value is -4.73. The lowest BCUT2D eigenvalue weighted by molar-refractivity contribution is -0.128. The SMILES string of the molecule is COc1cccc(CCNC(=O)[C@]2(Cc3ccccc3CN=[N+]=[N-])N=C(c3ccc(OCCCO)cc3)O[C@@H]2c2ccc(Cl)cc2Cl)c1. The van der Waals surface area contributed by atoms with Crippen LogP contribution in [0.15, 0.2) is 101 Å². The Morgan fingerprint density at radius 3 is 2.56 bits per heavy atom. The van der Waals surface area contributed by atoms with E-state index in [0.29, 0.717) is 52.9 Å². The predicted molar refractivity (Wildman–Crippen MR) is 186 cm³/mol. The van der Waals surface area contributed by atoms with Crippen LogP contribution in [0.1, 0.15) is 40.3 Å². The number of methoxy groups -OCH3 is 1. The summed E-state index contributed by atoms with van der Waals surface area (Å²) in [5.41, 5.74) is 11.2. The van der Waals surface area contributed by atoms with Gasteiger partial charge in [0.15, 0.2) is 11.6 Å². The molecule has 0 saturated carbocycles. The average molecular weight is 689 g/mol. The number of nitrogens with one attached hydrogen (secondary N) is 1. The minimum absolute atomic E-state index is 0.0348. The number of carbonyl (C=O) groups excluding carboxylic acids is 1. The smallest absolute Gasteiger partial charge is 0.252 e. The second-order valence-corrected chi connectivity index (χ2v) is 12.0. The maximum Gasteiger partial charge on any atom is 0.252 e. The number of hydrogen-bond donors (Lipinski definition) is 2. The van der Waals surface area contributed by atoms with E-state index in [4.69, 9.17) is 53.0 Å². The monoisotopic (exact) mass is 687 g/mol. The van der Waals surface area contributed by atoms with Gasteiger partial charge in [-0.25, -0.2) is 4.99 Å². The summed E-state index contributed by atoms with van der Waals surface area (Å²) in [6.07, 6.45) is 0.234. The Labute approximate surface area is 288 Å². The molecule has 1 heterocycles. The predicted octanol–water partition coefficient (Wildman–Crippen LogP) is 7.43. The maximum atomic E-state index is 14.6. The number of hydrogen-bond acceptors (Lipinski definition) is 7. The quantitative estimate of drug-likeness (QED) is 0.0579. The van der Waals surface area contributed by atoms with E-state index < -0.39 is 11.6 Å². The van der Waals surface area contributed by atoms with Crippen molar-refractivity contribution >= 4 is 35.0 Å². The zero-order chi connectivity index (χ0) is 33.9. The van der Waals surface area contributed by atoms with Crippen molar-refractivity contribution in [2.24, 2.45) is 10.1 Å². The van der Waals surface area contributed by atoms with Crippen molar-refractivity contribution in [3.8, 4) is 11.5 Å². The summed E-state index contributed by atoms with van der Waals surface area (Å²) in [6, 6.07) is 27.4. The number of amides is 1. The number of halogens is 2. The molecule has 2 atom stereocenters. The molecule has 1 amide bonds. The van der Waals surface area contributed by atoms with E-state index in [9.17, 15) is 4.79 Å². The molecule has 10 nitrogen and oxygen atoms in total. The minimum atomic E-state index is -1.52. The first-order valence-corrected chi connectivity index (χ1v) is 16.2. The molecule has 48 heavy (non-hydrogen) atoms. The minimum Gasteiger partial charge on any atom is -0.497 e. The van der Waals surface area contributed by atoms with Crippen LogP contribution in [0.5, 0.6) is 11.5 Å². The lowest BCUT2D eigenvalue weighted by Gasteiger charge is -2.32. The van der Waals surface area contributed by atoms with Crippen molar-refractivity contribution in [3.05, 3.63) is 139 Å². The van der Waals surface area contributed by atoms with Crippen molar-refractivity contribution in [3.63, 3.8) is 0 Å². The molecule has 1 aliphatic rings. The molecule has 4 aromatic rings. The molecule has 0 fully saturated rings. The van der Waals surface area contributed by atoms with Gasteiger partial charge in [-0.1, -0.05) is 70.8 Å². The summed E-state index contributed by atoms with van der Waals surface area (Å²) >= 11 is 13.1. The van der Waals surface area contributed by atoms with E-state index in [0.717, 1.165) is 22.4 Å². The third kappa shape index (κ3) is 8.21. The molecule has 0 radical (unpaired) electrons. The highest BCUT2D eigenvalue weighted by Crippen LogP contribution is 2.45. The summed E-state index contributed by atoms with van der Waals surface area (Å²) in [6.45, 7) is 0.827. The van der Waals surface area contributed by atoms with E-state index in [1.54, 1.807) is 49.6 Å². The Bertz CT molecular complexity index is 1810. The van der Waals surface area contributed by atoms with Gasteiger partial charge in [-0.15, -0.1) is 0 Å². The van der Waals surface area contributed by atoms with E-state index in [2.05, 4.69) is 15.3 Å². The summed E-state index contributed by atoms with van der Waals surface area (Å²) in [5.74, 6) is 1.24. The fourth-order valence-electron chi connectivity index (χ4n) is 5.56. The molecule has 248 valence electrons. The summed E-state index contributed by atoms with van der Waals surface area (Å²) in [5, 5.41) is 16.8. The number of ether oxygens (including phenoxy) is 3. The van der Waals surface area contributed by atoms with Crippen molar-refractivity contribution in [2.75, 3.05) is 26.9 Å². The molecule has 4 aromatic carbocycles. The summed E-state index contributed by atoms with van der Waals surface area (Å²) in [4.78, 5) is 22.6. The molecule has 1 aliphatic heterocycles. The second-order valence-electron chi connectivity index (χ2n) is 11.1. The lowest BCUT2D eigenvalue weighted by Crippen LogP contribution is -2.50. The van der Waals surface area contributed by atoms with Gasteiger partial charge in [-0.2, -0.15) is 0 Å². The first-order valence-electron chi connectivity index (χ1n) is 15.4. The normalized spacial score (nSPS) is 16.8. The van der Waals surface area contributed by atoms with Crippen LogP contribution in [-0.4, -0.2) is 49.3 Å². The van der Waals surface area contributed by atoms with Crippen LogP contribution >= 0.6 is 23.2 Å². The number of aliphatic hydroxyl groups excluding tert-OH is 1. The fraction of sp³-hybridized carbons (Fsp3) is 0.278. The third-order valence-electron chi connectivity index (χ3n) is 7.99. The van der Waals surface area contributed by atoms with E-state index in [-0.39, 0.29) is 31.4 Å². The number of nitrogens with zero attached hydrogens (tertiary/aromatic N) is 4. The molecule has 0 unspecified atom stereocenters. The Morgan fingerprint density at radius 2 is 1.83 bits per heavy atom. The topological polar surface area (TPSA) is 138 Å². The van der Waals surface area contributed by atoms with E-state index in [1.807, 2.05) is 48.5 Å². The number of carbonyl (C=O) groups is 1. The first kappa shape index (κ1) is 34.6. The highest BCUT2D eigenvalue weighted by molar-refractivity contribution is 6.35. The molecule has 0 aromatic heterocycles. The van der Waals surface area contributed by atoms with Gasteiger partial charge in [0, 0.05) is 52.1 Å². The highest BCUT2D eigenvalue weighted by Gasteiger charge is 2.54. The lowest BCUT2D eigenvalue weighted by atomic mass is 9.80. The third-order valence-corrected chi connectivity index (χ3v) is 8.55. The second kappa shape index (κ2) is 16.4. The number of aliphatic imine (C=N–C) groups is 1. The van der Waals surface area contributed by atoms with Gasteiger partial charge >= 0.3 is 0 Å². The fourth-order valence-corrected chi connectivity index (χ4v) is 6.06. The van der Waals surface area contributed by atoms with Gasteiger partial charge in [0.1, 0.15) is 11.5 Å². The number of rotatable bonds is 15. The molecule has 12 heteroatoms. The molecule has 0 aliphatic carbocycles. The standard InChI is InChI=1S/C36H35Cl2N5O5/c1-46-30-9-4-6-24(20-30)16-17-40-35(45)36(22-26-7-2-3-8-27(26)23-41-43-39)33(31-15-12-28(37)21-32(31)38)48-34(42-36)25-10-13-29(14-11-25)47-19-5-18-44/h2-4,6-15,20-21,33,44H,5,16-19,22-23H2,1H3,(H,40,45)/t33-,36-/m1/s1. The molecular formula is C36H35Cl2N5O5. The average Bonchev–Trinajstić information content (AvgIpc) is 3.48. The van der Waals surface area contributed by atoms with Crippen LogP contribution in [0.25, 0.3) is 10.4 Å². The molecule has 0 bridgehead atoms. The van der Waals surface area contributed by atoms with Crippen LogP contribution in [0, 0.1) is 0 Å². The number of azide groups is 1. The van der Waals surface area contributed by atoms with Crippen molar-refractivity contribution in [1.29, 1.82) is 0 Å². The molecule has 0 saturated heterocycles. The van der Waals surface area contributed by atoms with Crippen LogP contribution in [0.3, 0.4) is 0 Å². The van der Waals surface area contributed by atoms with Crippen molar-refractivity contribution in [2.45, 2.75) is 37.5 Å². The zero-order valence-corrected chi connectivity index (χ0v) is 27.8. The zero-order valence-electron chi connectivity index (χ0n) is 26.3. The number of benzene rings is 4. The Morgan fingerprint density at radius 1 is 1.04 bits per heavy atom. The van der Waals surface area contributed by atoms with Crippen LogP contribution in [0.2, 0.25) is 10.0 Å². The Kier molecular flexibility index (Phi) is 11.8. The largest absolute Gasteiger partial charge is 0.497 e. The van der Waals surface area contributed by atoms with Crippen LogP contribution in [0.4, 0.5) is 0 Å². The van der Waals surface area contributed by atoms with Gasteiger partial charge in [0.05, 0.1) is 20.3 Å². The van der Waals surface area contributed by atoms with E-state index >= 15 is 0 Å². The molecule has 5 rings (SSSR count). The number of aliphatic hydroxyl groups is 1. The summed E-state index contributed by atoms with van der Waals surface area (Å²) in [7, 11) is 1.61. The van der Waals surface area contributed by atoms with Crippen LogP contribution < -0.4 is 14.8 Å². The molecule has 0 spiro atoms. The van der Waals surface area contributed by atoms with Crippen LogP contribution in [-0.2, 0) is 28.9 Å². The van der Waals surface area contributed by atoms with Crippen molar-refractivity contribution < 1.29 is 24.1 Å². The van der Waals surface area contributed by atoms with Gasteiger partial charge in [0.25, 0.3) is 5.91 Å². The van der Waals surface area contributed by atoms with Gasteiger partial charge in [0.2, 0.25) is 5.90 Å². The first-order chi connectivity index (χ1) is 23.4. The van der Waals surface area contributed by atoms with Gasteiger partial charge in [-0.05, 0) is 77.2 Å². The maximum absolute atomic E-state index is 14.6. The van der Waals surface area contributed by atoms with Gasteiger partial charge in [-0.3, -0.25) is 4.79 Å². The van der Waals surface area contributed by atoms with Crippen molar-refractivity contribution in [1.82, 2.24) is 5.32 Å². The molecule has 2 N–H and O–H groups in total. The Balaban J connectivity index is 1.57. The highest BCUT2D eigenvalue weighted by atomic mass is 35.5. The van der Waals surface area contributed by atoms with E-state index in [1.165, 1.54) is 0 Å². The molecular weight excluding hydrogens is 653 g/mol. The van der Waals surface area contributed by atoms with Gasteiger partial charge < -0.3 is 24.6 Å². The summed E-state index contributed by atoms with van der Waals surface area (Å²) < 4.78 is 17.7.